The Kier molecular flexibility index (Phi) is 6.44. The van der Waals surface area contributed by atoms with E-state index >= 15 is 0 Å². The molecule has 0 aliphatic carbocycles. The molecule has 0 fully saturated rings. The second kappa shape index (κ2) is 9.41. The molecule has 162 valence electrons. The van der Waals surface area contributed by atoms with Crippen molar-refractivity contribution in [3.63, 3.8) is 0 Å². The third kappa shape index (κ3) is 4.84. The topological polar surface area (TPSA) is 74.6 Å². The van der Waals surface area contributed by atoms with E-state index in [9.17, 15) is 4.79 Å². The Morgan fingerprint density at radius 3 is 2.68 bits per heavy atom. The van der Waals surface area contributed by atoms with Crippen LogP contribution >= 0.6 is 11.6 Å². The van der Waals surface area contributed by atoms with Crippen molar-refractivity contribution in [2.45, 2.75) is 33.1 Å². The summed E-state index contributed by atoms with van der Waals surface area (Å²) in [5.41, 5.74) is 2.73. The van der Waals surface area contributed by atoms with E-state index in [2.05, 4.69) is 10.4 Å². The first kappa shape index (κ1) is 21.2. The Hall–Kier alpha value is -3.03. The molecule has 0 saturated carbocycles. The van der Waals surface area contributed by atoms with Crippen molar-refractivity contribution in [1.82, 2.24) is 9.78 Å². The SMILES string of the molecule is CCOc1ccc(OCC)c(NC(=O)c2cc3n(n2)CC(c2ccc(Cl)cc2)OC3)c1. The van der Waals surface area contributed by atoms with Gasteiger partial charge in [0, 0.05) is 11.1 Å². The van der Waals surface area contributed by atoms with Gasteiger partial charge in [0.2, 0.25) is 0 Å². The molecule has 1 N–H and O–H groups in total. The van der Waals surface area contributed by atoms with E-state index in [-0.39, 0.29) is 12.0 Å². The van der Waals surface area contributed by atoms with Gasteiger partial charge in [-0.15, -0.1) is 0 Å². The third-order valence-corrected chi connectivity index (χ3v) is 5.17. The Balaban J connectivity index is 1.51. The molecule has 8 heteroatoms. The third-order valence-electron chi connectivity index (χ3n) is 4.92. The summed E-state index contributed by atoms with van der Waals surface area (Å²) in [6.07, 6.45) is -0.145. The zero-order valence-electron chi connectivity index (χ0n) is 17.4. The molecule has 0 radical (unpaired) electrons. The Morgan fingerprint density at radius 2 is 1.94 bits per heavy atom. The molecule has 4 rings (SSSR count). The van der Waals surface area contributed by atoms with E-state index in [0.29, 0.717) is 54.3 Å². The number of hydrogen-bond acceptors (Lipinski definition) is 5. The normalized spacial score (nSPS) is 15.3. The Morgan fingerprint density at radius 1 is 1.16 bits per heavy atom. The van der Waals surface area contributed by atoms with Crippen molar-refractivity contribution in [3.8, 4) is 11.5 Å². The molecule has 0 bridgehead atoms. The van der Waals surface area contributed by atoms with Gasteiger partial charge in [0.25, 0.3) is 5.91 Å². The van der Waals surface area contributed by atoms with Gasteiger partial charge in [0.15, 0.2) is 5.69 Å². The standard InChI is InChI=1S/C23H24ClN3O4/c1-3-29-18-9-10-21(30-4-2)19(12-18)25-23(28)20-11-17-14-31-22(13-27(17)26-20)15-5-7-16(24)8-6-15/h5-12,22H,3-4,13-14H2,1-2H3,(H,25,28). The van der Waals surface area contributed by atoms with Gasteiger partial charge in [0.05, 0.1) is 37.7 Å². The van der Waals surface area contributed by atoms with E-state index in [4.69, 9.17) is 25.8 Å². The zero-order chi connectivity index (χ0) is 21.8. The van der Waals surface area contributed by atoms with E-state index in [0.717, 1.165) is 11.3 Å². The maximum atomic E-state index is 12.9. The monoisotopic (exact) mass is 441 g/mol. The summed E-state index contributed by atoms with van der Waals surface area (Å²) < 4.78 is 19.0. The van der Waals surface area contributed by atoms with Crippen molar-refractivity contribution >= 4 is 23.2 Å². The first-order chi connectivity index (χ1) is 15.1. The van der Waals surface area contributed by atoms with Crippen molar-refractivity contribution in [3.05, 3.63) is 70.5 Å². The fourth-order valence-corrected chi connectivity index (χ4v) is 3.57. The average Bonchev–Trinajstić information content (AvgIpc) is 3.20. The maximum absolute atomic E-state index is 12.9. The molecule has 1 amide bonds. The Bertz CT molecular complexity index is 1070. The lowest BCUT2D eigenvalue weighted by molar-refractivity contribution is -0.00118. The molecule has 2 heterocycles. The number of fused-ring (bicyclic) bond motifs is 1. The number of carbonyl (C=O) groups excluding carboxylic acids is 1. The molecule has 0 spiro atoms. The highest BCUT2D eigenvalue weighted by molar-refractivity contribution is 6.30. The summed E-state index contributed by atoms with van der Waals surface area (Å²) in [4.78, 5) is 12.9. The molecule has 31 heavy (non-hydrogen) atoms. The van der Waals surface area contributed by atoms with Crippen LogP contribution in [0.15, 0.2) is 48.5 Å². The number of benzene rings is 2. The quantitative estimate of drug-likeness (QED) is 0.566. The van der Waals surface area contributed by atoms with Gasteiger partial charge in [-0.2, -0.15) is 5.10 Å². The number of halogens is 1. The van der Waals surface area contributed by atoms with Crippen LogP contribution in [0.5, 0.6) is 11.5 Å². The van der Waals surface area contributed by atoms with E-state index in [1.807, 2.05) is 48.9 Å². The van der Waals surface area contributed by atoms with Crippen molar-refractivity contribution in [2.75, 3.05) is 18.5 Å². The molecule has 1 atom stereocenters. The number of rotatable bonds is 7. The molecular weight excluding hydrogens is 418 g/mol. The lowest BCUT2D eigenvalue weighted by Gasteiger charge is -2.24. The minimum Gasteiger partial charge on any atom is -0.494 e. The van der Waals surface area contributed by atoms with Crippen molar-refractivity contribution in [2.24, 2.45) is 0 Å². The first-order valence-electron chi connectivity index (χ1n) is 10.2. The summed E-state index contributed by atoms with van der Waals surface area (Å²) in [6.45, 7) is 5.71. The van der Waals surface area contributed by atoms with E-state index in [1.54, 1.807) is 18.2 Å². The van der Waals surface area contributed by atoms with Gasteiger partial charge in [-0.1, -0.05) is 23.7 Å². The molecule has 7 nitrogen and oxygen atoms in total. The van der Waals surface area contributed by atoms with Crippen molar-refractivity contribution in [1.29, 1.82) is 0 Å². The largest absolute Gasteiger partial charge is 0.494 e. The number of hydrogen-bond donors (Lipinski definition) is 1. The van der Waals surface area contributed by atoms with Crippen molar-refractivity contribution < 1.29 is 19.0 Å². The zero-order valence-corrected chi connectivity index (χ0v) is 18.2. The van der Waals surface area contributed by atoms with Crippen LogP contribution in [0.2, 0.25) is 5.02 Å². The number of ether oxygens (including phenoxy) is 3. The lowest BCUT2D eigenvalue weighted by atomic mass is 10.1. The fourth-order valence-electron chi connectivity index (χ4n) is 3.45. The van der Waals surface area contributed by atoms with Crippen LogP contribution in [0.25, 0.3) is 0 Å². The van der Waals surface area contributed by atoms with Gasteiger partial charge in [-0.05, 0) is 49.7 Å². The Labute approximate surface area is 185 Å². The molecule has 1 aliphatic rings. The minimum atomic E-state index is -0.320. The second-order valence-corrected chi connectivity index (χ2v) is 7.47. The van der Waals surface area contributed by atoms with Crippen LogP contribution in [0.4, 0.5) is 5.69 Å². The summed E-state index contributed by atoms with van der Waals surface area (Å²) in [6, 6.07) is 14.7. The van der Waals surface area contributed by atoms with Crippen LogP contribution in [0.3, 0.4) is 0 Å². The smallest absolute Gasteiger partial charge is 0.276 e. The number of carbonyl (C=O) groups is 1. The number of amides is 1. The summed E-state index contributed by atoms with van der Waals surface area (Å²) >= 11 is 5.97. The van der Waals surface area contributed by atoms with Gasteiger partial charge < -0.3 is 19.5 Å². The van der Waals surface area contributed by atoms with Gasteiger partial charge >= 0.3 is 0 Å². The predicted octanol–water partition coefficient (Wildman–Crippen LogP) is 4.86. The van der Waals surface area contributed by atoms with Gasteiger partial charge in [0.1, 0.15) is 17.6 Å². The number of nitrogens with zero attached hydrogens (tertiary/aromatic N) is 2. The highest BCUT2D eigenvalue weighted by Crippen LogP contribution is 2.31. The van der Waals surface area contributed by atoms with Gasteiger partial charge in [-0.25, -0.2) is 0 Å². The number of nitrogens with one attached hydrogen (secondary N) is 1. The van der Waals surface area contributed by atoms with E-state index < -0.39 is 0 Å². The maximum Gasteiger partial charge on any atom is 0.276 e. The van der Waals surface area contributed by atoms with E-state index in [1.165, 1.54) is 0 Å². The molecule has 0 saturated heterocycles. The predicted molar refractivity (Wildman–Crippen MR) is 118 cm³/mol. The van der Waals surface area contributed by atoms with Crippen LogP contribution in [-0.4, -0.2) is 28.9 Å². The highest BCUT2D eigenvalue weighted by atomic mass is 35.5. The molecular formula is C23H24ClN3O4. The fraction of sp³-hybridized carbons (Fsp3) is 0.304. The molecule has 2 aromatic carbocycles. The molecule has 3 aromatic rings. The summed E-state index contributed by atoms with van der Waals surface area (Å²) in [5.74, 6) is 0.915. The average molecular weight is 442 g/mol. The summed E-state index contributed by atoms with van der Waals surface area (Å²) in [5, 5.41) is 8.07. The van der Waals surface area contributed by atoms with Crippen LogP contribution in [0, 0.1) is 0 Å². The number of anilines is 1. The number of aromatic nitrogens is 2. The first-order valence-corrected chi connectivity index (χ1v) is 10.6. The second-order valence-electron chi connectivity index (χ2n) is 7.03. The van der Waals surface area contributed by atoms with Crippen LogP contribution < -0.4 is 14.8 Å². The summed E-state index contributed by atoms with van der Waals surface area (Å²) in [7, 11) is 0. The van der Waals surface area contributed by atoms with Gasteiger partial charge in [-0.3, -0.25) is 9.48 Å². The van der Waals surface area contributed by atoms with Crippen LogP contribution in [0.1, 0.15) is 41.7 Å². The van der Waals surface area contributed by atoms with Crippen LogP contribution in [-0.2, 0) is 17.9 Å². The minimum absolute atomic E-state index is 0.145. The lowest BCUT2D eigenvalue weighted by Crippen LogP contribution is -2.22. The highest BCUT2D eigenvalue weighted by Gasteiger charge is 2.24. The molecule has 1 aromatic heterocycles. The molecule has 1 aliphatic heterocycles. The molecule has 1 unspecified atom stereocenters.